The predicted molar refractivity (Wildman–Crippen MR) is 66.2 cm³/mol. The van der Waals surface area contributed by atoms with Crippen LogP contribution in [0.25, 0.3) is 0 Å². The zero-order valence-corrected chi connectivity index (χ0v) is 10.4. The number of rotatable bonds is 4. The molecule has 94 valence electrons. The number of methoxy groups -OCH3 is 1. The van der Waals surface area contributed by atoms with Crippen molar-refractivity contribution in [3.63, 3.8) is 0 Å². The lowest BCUT2D eigenvalue weighted by atomic mass is 9.85. The first-order valence-corrected chi connectivity index (χ1v) is 6.29. The molecule has 1 heterocycles. The van der Waals surface area contributed by atoms with E-state index in [9.17, 15) is 0 Å². The van der Waals surface area contributed by atoms with Gasteiger partial charge in [0.05, 0.1) is 0 Å². The third-order valence-corrected chi connectivity index (χ3v) is 3.47. The van der Waals surface area contributed by atoms with Crippen molar-refractivity contribution in [2.45, 2.75) is 31.3 Å². The summed E-state index contributed by atoms with van der Waals surface area (Å²) in [5.74, 6) is 1.76. The van der Waals surface area contributed by atoms with E-state index in [1.807, 2.05) is 30.3 Å². The first-order chi connectivity index (χ1) is 8.88. The van der Waals surface area contributed by atoms with Crippen molar-refractivity contribution in [1.82, 2.24) is 10.2 Å². The van der Waals surface area contributed by atoms with Crippen LogP contribution in [0, 0.1) is 0 Å². The third kappa shape index (κ3) is 2.04. The van der Waals surface area contributed by atoms with Gasteiger partial charge in [-0.05, 0) is 18.4 Å². The maximum Gasteiger partial charge on any atom is 0.249 e. The molecule has 18 heavy (non-hydrogen) atoms. The molecule has 3 rings (SSSR count). The SMILES string of the molecule is CO[C@H](c1ccccc1)c1nnc(C2CCC2)o1. The maximum atomic E-state index is 5.75. The second-order valence-electron chi connectivity index (χ2n) is 4.63. The van der Waals surface area contributed by atoms with E-state index in [-0.39, 0.29) is 6.10 Å². The van der Waals surface area contributed by atoms with Gasteiger partial charge in [0, 0.05) is 13.0 Å². The van der Waals surface area contributed by atoms with E-state index < -0.39 is 0 Å². The normalized spacial score (nSPS) is 17.4. The molecule has 1 atom stereocenters. The largest absolute Gasteiger partial charge is 0.422 e. The molecule has 0 radical (unpaired) electrons. The Balaban J connectivity index is 1.85. The van der Waals surface area contributed by atoms with E-state index >= 15 is 0 Å². The summed E-state index contributed by atoms with van der Waals surface area (Å²) in [6.07, 6.45) is 3.30. The number of ether oxygens (including phenoxy) is 1. The molecule has 2 aromatic rings. The van der Waals surface area contributed by atoms with Crippen molar-refractivity contribution in [2.75, 3.05) is 7.11 Å². The standard InChI is InChI=1S/C14H16N2O2/c1-17-12(10-6-3-2-4-7-10)14-16-15-13(18-14)11-8-5-9-11/h2-4,6-7,11-12H,5,8-9H2,1H3/t12-/m1/s1. The van der Waals surface area contributed by atoms with Crippen molar-refractivity contribution in [1.29, 1.82) is 0 Å². The van der Waals surface area contributed by atoms with Crippen LogP contribution in [0.1, 0.15) is 48.6 Å². The first-order valence-electron chi connectivity index (χ1n) is 6.29. The van der Waals surface area contributed by atoms with Gasteiger partial charge in [-0.1, -0.05) is 36.8 Å². The van der Waals surface area contributed by atoms with E-state index in [1.165, 1.54) is 6.42 Å². The Morgan fingerprint density at radius 2 is 2.00 bits per heavy atom. The predicted octanol–water partition coefficient (Wildman–Crippen LogP) is 3.07. The number of benzene rings is 1. The number of hydrogen-bond donors (Lipinski definition) is 0. The lowest BCUT2D eigenvalue weighted by molar-refractivity contribution is 0.109. The second kappa shape index (κ2) is 4.90. The second-order valence-corrected chi connectivity index (χ2v) is 4.63. The van der Waals surface area contributed by atoms with Crippen molar-refractivity contribution in [3.8, 4) is 0 Å². The fraction of sp³-hybridized carbons (Fsp3) is 0.429. The third-order valence-electron chi connectivity index (χ3n) is 3.47. The molecule has 1 aromatic carbocycles. The van der Waals surface area contributed by atoms with E-state index in [4.69, 9.17) is 9.15 Å². The fourth-order valence-electron chi connectivity index (χ4n) is 2.18. The van der Waals surface area contributed by atoms with Crippen LogP contribution in [-0.4, -0.2) is 17.3 Å². The van der Waals surface area contributed by atoms with Crippen molar-refractivity contribution in [3.05, 3.63) is 47.7 Å². The molecule has 4 nitrogen and oxygen atoms in total. The van der Waals surface area contributed by atoms with Crippen LogP contribution in [0.2, 0.25) is 0 Å². The molecule has 0 amide bonds. The van der Waals surface area contributed by atoms with Gasteiger partial charge in [0.25, 0.3) is 0 Å². The Bertz CT molecular complexity index is 506. The number of aromatic nitrogens is 2. The highest BCUT2D eigenvalue weighted by Gasteiger charge is 2.27. The monoisotopic (exact) mass is 244 g/mol. The molecule has 0 N–H and O–H groups in total. The van der Waals surface area contributed by atoms with Crippen molar-refractivity contribution in [2.24, 2.45) is 0 Å². The number of hydrogen-bond acceptors (Lipinski definition) is 4. The van der Waals surface area contributed by atoms with Crippen LogP contribution in [-0.2, 0) is 4.74 Å². The Labute approximate surface area is 106 Å². The lowest BCUT2D eigenvalue weighted by Gasteiger charge is -2.21. The van der Waals surface area contributed by atoms with Crippen molar-refractivity contribution >= 4 is 0 Å². The Hall–Kier alpha value is -1.68. The molecular weight excluding hydrogens is 228 g/mol. The summed E-state index contributed by atoms with van der Waals surface area (Å²) in [4.78, 5) is 0. The summed E-state index contributed by atoms with van der Waals surface area (Å²) < 4.78 is 11.2. The Kier molecular flexibility index (Phi) is 3.11. The van der Waals surface area contributed by atoms with Gasteiger partial charge in [-0.15, -0.1) is 10.2 Å². The summed E-state index contributed by atoms with van der Waals surface area (Å²) in [6, 6.07) is 9.93. The Morgan fingerprint density at radius 1 is 1.22 bits per heavy atom. The highest BCUT2D eigenvalue weighted by Crippen LogP contribution is 2.36. The minimum absolute atomic E-state index is 0.271. The smallest absolute Gasteiger partial charge is 0.249 e. The van der Waals surface area contributed by atoms with Crippen LogP contribution in [0.3, 0.4) is 0 Å². The molecule has 1 fully saturated rings. The molecular formula is C14H16N2O2. The molecule has 4 heteroatoms. The molecule has 0 spiro atoms. The minimum atomic E-state index is -0.271. The van der Waals surface area contributed by atoms with Crippen LogP contribution >= 0.6 is 0 Å². The van der Waals surface area contributed by atoms with Crippen LogP contribution in [0.5, 0.6) is 0 Å². The molecule has 1 saturated carbocycles. The van der Waals surface area contributed by atoms with E-state index in [2.05, 4.69) is 10.2 Å². The summed E-state index contributed by atoms with van der Waals surface area (Å²) in [7, 11) is 1.66. The average Bonchev–Trinajstić information content (AvgIpc) is 2.78. The zero-order valence-electron chi connectivity index (χ0n) is 10.4. The first kappa shape index (κ1) is 11.4. The van der Waals surface area contributed by atoms with Gasteiger partial charge in [-0.3, -0.25) is 0 Å². The molecule has 0 aliphatic heterocycles. The quantitative estimate of drug-likeness (QED) is 0.829. The number of nitrogens with zero attached hydrogens (tertiary/aromatic N) is 2. The summed E-state index contributed by atoms with van der Waals surface area (Å²) in [6.45, 7) is 0. The van der Waals surface area contributed by atoms with Gasteiger partial charge in [0.2, 0.25) is 11.8 Å². The van der Waals surface area contributed by atoms with E-state index in [1.54, 1.807) is 7.11 Å². The lowest BCUT2D eigenvalue weighted by Crippen LogP contribution is -2.08. The maximum absolute atomic E-state index is 5.75. The van der Waals surface area contributed by atoms with Gasteiger partial charge in [0.15, 0.2) is 6.10 Å². The fourth-order valence-corrected chi connectivity index (χ4v) is 2.18. The van der Waals surface area contributed by atoms with Crippen LogP contribution < -0.4 is 0 Å². The summed E-state index contributed by atoms with van der Waals surface area (Å²) in [5, 5.41) is 8.26. The van der Waals surface area contributed by atoms with Crippen LogP contribution in [0.4, 0.5) is 0 Å². The average molecular weight is 244 g/mol. The van der Waals surface area contributed by atoms with Gasteiger partial charge >= 0.3 is 0 Å². The summed E-state index contributed by atoms with van der Waals surface area (Å²) in [5.41, 5.74) is 1.03. The van der Waals surface area contributed by atoms with Gasteiger partial charge in [-0.2, -0.15) is 0 Å². The topological polar surface area (TPSA) is 48.2 Å². The van der Waals surface area contributed by atoms with Crippen molar-refractivity contribution < 1.29 is 9.15 Å². The van der Waals surface area contributed by atoms with Gasteiger partial charge in [-0.25, -0.2) is 0 Å². The van der Waals surface area contributed by atoms with E-state index in [0.717, 1.165) is 24.3 Å². The summed E-state index contributed by atoms with van der Waals surface area (Å²) >= 11 is 0. The van der Waals surface area contributed by atoms with E-state index in [0.29, 0.717) is 11.8 Å². The molecule has 0 saturated heterocycles. The molecule has 1 aliphatic carbocycles. The highest BCUT2D eigenvalue weighted by atomic mass is 16.5. The zero-order chi connectivity index (χ0) is 12.4. The molecule has 0 unspecified atom stereocenters. The molecule has 1 aliphatic rings. The van der Waals surface area contributed by atoms with Gasteiger partial charge < -0.3 is 9.15 Å². The Morgan fingerprint density at radius 3 is 2.61 bits per heavy atom. The van der Waals surface area contributed by atoms with Crippen LogP contribution in [0.15, 0.2) is 34.7 Å². The molecule has 0 bridgehead atoms. The molecule has 1 aromatic heterocycles. The highest BCUT2D eigenvalue weighted by molar-refractivity contribution is 5.21. The minimum Gasteiger partial charge on any atom is -0.422 e. The van der Waals surface area contributed by atoms with Gasteiger partial charge in [0.1, 0.15) is 0 Å².